The number of aromatic nitrogens is 3. The van der Waals surface area contributed by atoms with Crippen LogP contribution in [0.3, 0.4) is 0 Å². The summed E-state index contributed by atoms with van der Waals surface area (Å²) in [6.45, 7) is 4.76. The summed E-state index contributed by atoms with van der Waals surface area (Å²) in [5, 5.41) is 21.4. The van der Waals surface area contributed by atoms with Gasteiger partial charge >= 0.3 is 0 Å². The lowest BCUT2D eigenvalue weighted by atomic mass is 10.1. The Bertz CT molecular complexity index is 599. The third-order valence-corrected chi connectivity index (χ3v) is 5.00. The van der Waals surface area contributed by atoms with Crippen molar-refractivity contribution in [3.63, 3.8) is 0 Å². The van der Waals surface area contributed by atoms with Gasteiger partial charge in [0.1, 0.15) is 6.10 Å². The Balaban J connectivity index is 1.33. The topological polar surface area (TPSA) is 102 Å². The molecule has 1 aromatic heterocycles. The number of nitrogens with one attached hydrogen (secondary N) is 1. The molecule has 0 bridgehead atoms. The molecule has 3 atom stereocenters. The molecule has 0 spiro atoms. The van der Waals surface area contributed by atoms with E-state index in [9.17, 15) is 9.90 Å². The summed E-state index contributed by atoms with van der Waals surface area (Å²) in [6, 6.07) is -0.389. The number of hydrogen-bond acceptors (Lipinski definition) is 7. The van der Waals surface area contributed by atoms with Gasteiger partial charge in [0.25, 0.3) is 0 Å². The molecule has 1 aliphatic carbocycles. The van der Waals surface area contributed by atoms with Crippen molar-refractivity contribution < 1.29 is 19.4 Å². The summed E-state index contributed by atoms with van der Waals surface area (Å²) in [5.41, 5.74) is 0.902. The third-order valence-electron chi connectivity index (χ3n) is 5.00. The number of morpholine rings is 1. The van der Waals surface area contributed by atoms with Gasteiger partial charge in [-0.15, -0.1) is 5.10 Å². The van der Waals surface area contributed by atoms with E-state index in [0.29, 0.717) is 6.54 Å². The van der Waals surface area contributed by atoms with Crippen LogP contribution in [-0.2, 0) is 27.4 Å². The SMILES string of the molecule is O=C(N[C@@H]1[C@@H](O)CO[C@@H]1Cn1cc(CN2CCOCC2)nn1)C1CC1. The van der Waals surface area contributed by atoms with Crippen LogP contribution in [0.2, 0.25) is 0 Å². The van der Waals surface area contributed by atoms with Crippen molar-refractivity contribution in [2.75, 3.05) is 32.9 Å². The lowest BCUT2D eigenvalue weighted by Crippen LogP contribution is -2.48. The Hall–Kier alpha value is -1.55. The highest BCUT2D eigenvalue weighted by Crippen LogP contribution is 2.29. The van der Waals surface area contributed by atoms with Crippen molar-refractivity contribution in [2.45, 2.75) is 44.2 Å². The van der Waals surface area contributed by atoms with Gasteiger partial charge in [-0.25, -0.2) is 4.68 Å². The number of rotatable bonds is 6. The van der Waals surface area contributed by atoms with E-state index in [4.69, 9.17) is 9.47 Å². The van der Waals surface area contributed by atoms with Crippen molar-refractivity contribution in [1.82, 2.24) is 25.2 Å². The summed E-state index contributed by atoms with van der Waals surface area (Å²) in [7, 11) is 0. The summed E-state index contributed by atoms with van der Waals surface area (Å²) in [5.74, 6) is 0.131. The Morgan fingerprint density at radius 2 is 2.16 bits per heavy atom. The second kappa shape index (κ2) is 7.36. The highest BCUT2D eigenvalue weighted by Gasteiger charge is 2.40. The number of aliphatic hydroxyl groups excluding tert-OH is 1. The van der Waals surface area contributed by atoms with Crippen molar-refractivity contribution >= 4 is 5.91 Å². The zero-order valence-electron chi connectivity index (χ0n) is 14.2. The summed E-state index contributed by atoms with van der Waals surface area (Å²) in [6.07, 6.45) is 2.81. The predicted molar refractivity (Wildman–Crippen MR) is 86.5 cm³/mol. The zero-order chi connectivity index (χ0) is 17.2. The van der Waals surface area contributed by atoms with Crippen molar-refractivity contribution in [2.24, 2.45) is 5.92 Å². The fourth-order valence-electron chi connectivity index (χ4n) is 3.33. The maximum atomic E-state index is 12.0. The molecule has 1 saturated carbocycles. The summed E-state index contributed by atoms with van der Waals surface area (Å²) in [4.78, 5) is 14.3. The summed E-state index contributed by atoms with van der Waals surface area (Å²) >= 11 is 0. The Morgan fingerprint density at radius 3 is 2.92 bits per heavy atom. The fraction of sp³-hybridized carbons (Fsp3) is 0.812. The molecule has 1 amide bonds. The first-order valence-corrected chi connectivity index (χ1v) is 8.98. The van der Waals surface area contributed by atoms with Gasteiger partial charge in [0.2, 0.25) is 5.91 Å². The van der Waals surface area contributed by atoms with Gasteiger partial charge in [-0.3, -0.25) is 9.69 Å². The van der Waals surface area contributed by atoms with Crippen LogP contribution in [0.15, 0.2) is 6.20 Å². The molecular formula is C16H25N5O4. The molecule has 138 valence electrons. The second-order valence-corrected chi connectivity index (χ2v) is 7.07. The first-order chi connectivity index (χ1) is 12.2. The Labute approximate surface area is 146 Å². The van der Waals surface area contributed by atoms with Crippen LogP contribution in [0.4, 0.5) is 0 Å². The zero-order valence-corrected chi connectivity index (χ0v) is 14.2. The van der Waals surface area contributed by atoms with Gasteiger partial charge in [0.15, 0.2) is 0 Å². The highest BCUT2D eigenvalue weighted by molar-refractivity contribution is 5.81. The molecular weight excluding hydrogens is 326 g/mol. The Morgan fingerprint density at radius 1 is 1.36 bits per heavy atom. The average Bonchev–Trinajstić information content (AvgIpc) is 3.31. The van der Waals surface area contributed by atoms with Crippen LogP contribution >= 0.6 is 0 Å². The van der Waals surface area contributed by atoms with E-state index >= 15 is 0 Å². The largest absolute Gasteiger partial charge is 0.388 e. The molecule has 25 heavy (non-hydrogen) atoms. The average molecular weight is 351 g/mol. The molecule has 2 N–H and O–H groups in total. The molecule has 9 nitrogen and oxygen atoms in total. The summed E-state index contributed by atoms with van der Waals surface area (Å²) < 4.78 is 12.7. The molecule has 3 heterocycles. The van der Waals surface area contributed by atoms with Gasteiger partial charge < -0.3 is 19.9 Å². The van der Waals surface area contributed by atoms with Crippen LogP contribution in [0.1, 0.15) is 18.5 Å². The number of carbonyl (C=O) groups excluding carboxylic acids is 1. The van der Waals surface area contributed by atoms with Crippen molar-refractivity contribution in [3.8, 4) is 0 Å². The van der Waals surface area contributed by atoms with Gasteiger partial charge in [0, 0.05) is 31.7 Å². The number of amides is 1. The maximum absolute atomic E-state index is 12.0. The van der Waals surface area contributed by atoms with Gasteiger partial charge in [-0.1, -0.05) is 5.21 Å². The molecule has 4 rings (SSSR count). The number of hydrogen-bond donors (Lipinski definition) is 2. The molecule has 0 unspecified atom stereocenters. The molecule has 2 saturated heterocycles. The minimum Gasteiger partial charge on any atom is -0.388 e. The first kappa shape index (κ1) is 16.9. The van der Waals surface area contributed by atoms with E-state index in [2.05, 4.69) is 20.5 Å². The van der Waals surface area contributed by atoms with E-state index in [0.717, 1.165) is 51.4 Å². The molecule has 3 fully saturated rings. The lowest BCUT2D eigenvalue weighted by molar-refractivity contribution is -0.124. The number of ether oxygens (including phenoxy) is 2. The lowest BCUT2D eigenvalue weighted by Gasteiger charge is -2.25. The third kappa shape index (κ3) is 4.17. The number of nitrogens with zero attached hydrogens (tertiary/aromatic N) is 4. The minimum atomic E-state index is -0.677. The second-order valence-electron chi connectivity index (χ2n) is 7.07. The van der Waals surface area contributed by atoms with Crippen LogP contribution in [0.5, 0.6) is 0 Å². The molecule has 9 heteroatoms. The minimum absolute atomic E-state index is 0.0196. The van der Waals surface area contributed by atoms with E-state index in [1.165, 1.54) is 0 Å². The van der Waals surface area contributed by atoms with Crippen molar-refractivity contribution in [1.29, 1.82) is 0 Å². The Kier molecular flexibility index (Phi) is 4.98. The van der Waals surface area contributed by atoms with Gasteiger partial charge in [0.05, 0.1) is 44.2 Å². The molecule has 0 radical (unpaired) electrons. The quantitative estimate of drug-likeness (QED) is 0.661. The van der Waals surface area contributed by atoms with E-state index in [1.54, 1.807) is 4.68 Å². The molecule has 0 aromatic carbocycles. The molecule has 3 aliphatic rings. The van der Waals surface area contributed by atoms with E-state index in [1.807, 2.05) is 6.20 Å². The maximum Gasteiger partial charge on any atom is 0.223 e. The number of carbonyl (C=O) groups is 1. The van der Waals surface area contributed by atoms with Crippen LogP contribution < -0.4 is 5.32 Å². The van der Waals surface area contributed by atoms with Crippen LogP contribution in [-0.4, -0.2) is 82.1 Å². The van der Waals surface area contributed by atoms with Crippen molar-refractivity contribution in [3.05, 3.63) is 11.9 Å². The predicted octanol–water partition coefficient (Wildman–Crippen LogP) is -1.24. The van der Waals surface area contributed by atoms with Gasteiger partial charge in [-0.05, 0) is 12.8 Å². The van der Waals surface area contributed by atoms with E-state index < -0.39 is 6.10 Å². The highest BCUT2D eigenvalue weighted by atomic mass is 16.5. The smallest absolute Gasteiger partial charge is 0.223 e. The molecule has 2 aliphatic heterocycles. The normalized spacial score (nSPS) is 30.5. The van der Waals surface area contributed by atoms with E-state index in [-0.39, 0.29) is 30.6 Å². The van der Waals surface area contributed by atoms with Crippen LogP contribution in [0, 0.1) is 5.92 Å². The molecule has 1 aromatic rings. The number of aliphatic hydroxyl groups is 1. The monoisotopic (exact) mass is 351 g/mol. The van der Waals surface area contributed by atoms with Gasteiger partial charge in [-0.2, -0.15) is 0 Å². The first-order valence-electron chi connectivity index (χ1n) is 8.98. The van der Waals surface area contributed by atoms with Crippen LogP contribution in [0.25, 0.3) is 0 Å². The fourth-order valence-corrected chi connectivity index (χ4v) is 3.33. The standard InChI is InChI=1S/C16H25N5O4/c22-13-10-25-14(15(13)17-16(23)11-1-2-11)9-21-8-12(18-19-21)7-20-3-5-24-6-4-20/h8,11,13-15,22H,1-7,9-10H2,(H,17,23)/t13-,14+,15+/m0/s1.